The third-order valence-corrected chi connectivity index (χ3v) is 2.63. The zero-order chi connectivity index (χ0) is 10.7. The molecular weight excluding hydrogens is 184 g/mol. The Morgan fingerprint density at radius 1 is 1.13 bits per heavy atom. The second-order valence-corrected chi connectivity index (χ2v) is 3.74. The number of nitrogens with two attached hydrogens (primary N) is 1. The van der Waals surface area contributed by atoms with Crippen molar-refractivity contribution in [2.45, 2.75) is 6.42 Å². The van der Waals surface area contributed by atoms with Crippen LogP contribution in [0.1, 0.15) is 5.56 Å². The number of aryl methyl sites for hydroxylation is 1. The topological polar surface area (TPSA) is 30.9 Å². The highest BCUT2D eigenvalue weighted by Crippen LogP contribution is 2.19. The molecule has 0 atom stereocenters. The second kappa shape index (κ2) is 4.32. The first-order chi connectivity index (χ1) is 7.31. The summed E-state index contributed by atoms with van der Waals surface area (Å²) >= 11 is 0. The Balaban J connectivity index is 2.28. The molecule has 2 N–H and O–H groups in total. The Hall–Kier alpha value is -1.54. The summed E-state index contributed by atoms with van der Waals surface area (Å²) in [7, 11) is 2.06. The van der Waals surface area contributed by atoms with Gasteiger partial charge in [0.05, 0.1) is 0 Å². The number of hydrogen-bond donors (Lipinski definition) is 1. The molecule has 78 valence electrons. The van der Waals surface area contributed by atoms with Crippen LogP contribution in [0.5, 0.6) is 0 Å². The lowest BCUT2D eigenvalue weighted by Crippen LogP contribution is -2.02. The first-order valence-electron chi connectivity index (χ1n) is 5.22. The molecule has 0 fully saturated rings. The monoisotopic (exact) mass is 200 g/mol. The number of benzene rings is 1. The van der Waals surface area contributed by atoms with Crippen LogP contribution in [0.15, 0.2) is 42.6 Å². The predicted octanol–water partition coefficient (Wildman–Crippen LogP) is 2.19. The molecule has 15 heavy (non-hydrogen) atoms. The van der Waals surface area contributed by atoms with Gasteiger partial charge in [-0.1, -0.05) is 24.3 Å². The molecule has 0 radical (unpaired) electrons. The number of hydrogen-bond acceptors (Lipinski definition) is 1. The van der Waals surface area contributed by atoms with E-state index < -0.39 is 0 Å². The van der Waals surface area contributed by atoms with Crippen molar-refractivity contribution in [2.75, 3.05) is 6.54 Å². The van der Waals surface area contributed by atoms with Crippen LogP contribution in [0.4, 0.5) is 0 Å². The minimum atomic E-state index is 0.712. The van der Waals surface area contributed by atoms with E-state index in [9.17, 15) is 0 Å². The summed E-state index contributed by atoms with van der Waals surface area (Å²) in [5.74, 6) is 0. The Bertz CT molecular complexity index is 426. The third-order valence-electron chi connectivity index (χ3n) is 2.63. The van der Waals surface area contributed by atoms with E-state index in [1.165, 1.54) is 16.8 Å². The molecule has 1 aromatic heterocycles. The molecule has 2 nitrogen and oxygen atoms in total. The number of aromatic nitrogens is 1. The van der Waals surface area contributed by atoms with Gasteiger partial charge >= 0.3 is 0 Å². The van der Waals surface area contributed by atoms with Crippen LogP contribution in [0.3, 0.4) is 0 Å². The molecule has 0 aliphatic heterocycles. The highest BCUT2D eigenvalue weighted by atomic mass is 14.9. The van der Waals surface area contributed by atoms with Gasteiger partial charge in [-0.15, -0.1) is 0 Å². The van der Waals surface area contributed by atoms with Crippen molar-refractivity contribution >= 4 is 0 Å². The maximum atomic E-state index is 5.51. The van der Waals surface area contributed by atoms with Gasteiger partial charge in [0.15, 0.2) is 0 Å². The molecule has 1 heterocycles. The SMILES string of the molecule is Cn1cccc1-c1ccc(CCN)cc1. The van der Waals surface area contributed by atoms with Crippen LogP contribution in [0.2, 0.25) is 0 Å². The van der Waals surface area contributed by atoms with Crippen molar-refractivity contribution in [3.8, 4) is 11.3 Å². The van der Waals surface area contributed by atoms with Crippen molar-refractivity contribution in [1.29, 1.82) is 0 Å². The van der Waals surface area contributed by atoms with Gasteiger partial charge in [0, 0.05) is 18.9 Å². The van der Waals surface area contributed by atoms with Gasteiger partial charge in [0.1, 0.15) is 0 Å². The lowest BCUT2D eigenvalue weighted by atomic mass is 10.1. The van der Waals surface area contributed by atoms with Crippen LogP contribution in [0.25, 0.3) is 11.3 Å². The van der Waals surface area contributed by atoms with E-state index >= 15 is 0 Å². The first kappa shape index (κ1) is 9.99. The largest absolute Gasteiger partial charge is 0.351 e. The van der Waals surface area contributed by atoms with E-state index in [0.717, 1.165) is 6.42 Å². The van der Waals surface area contributed by atoms with E-state index in [1.54, 1.807) is 0 Å². The average Bonchev–Trinajstić information content (AvgIpc) is 2.66. The van der Waals surface area contributed by atoms with Crippen LogP contribution >= 0.6 is 0 Å². The van der Waals surface area contributed by atoms with Crippen LogP contribution in [-0.2, 0) is 13.5 Å². The summed E-state index contributed by atoms with van der Waals surface area (Å²) in [5.41, 5.74) is 9.31. The van der Waals surface area contributed by atoms with Gasteiger partial charge < -0.3 is 10.3 Å². The lowest BCUT2D eigenvalue weighted by molar-refractivity contribution is 0.935. The normalized spacial score (nSPS) is 10.5. The van der Waals surface area contributed by atoms with Crippen LogP contribution < -0.4 is 5.73 Å². The van der Waals surface area contributed by atoms with Crippen LogP contribution in [-0.4, -0.2) is 11.1 Å². The fourth-order valence-electron chi connectivity index (χ4n) is 1.77. The molecular formula is C13H16N2. The average molecular weight is 200 g/mol. The van der Waals surface area contributed by atoms with Gasteiger partial charge in [0.25, 0.3) is 0 Å². The molecule has 0 saturated carbocycles. The molecule has 0 unspecified atom stereocenters. The quantitative estimate of drug-likeness (QED) is 0.809. The molecule has 0 spiro atoms. The fourth-order valence-corrected chi connectivity index (χ4v) is 1.77. The van der Waals surface area contributed by atoms with Gasteiger partial charge in [-0.3, -0.25) is 0 Å². The first-order valence-corrected chi connectivity index (χ1v) is 5.22. The third kappa shape index (κ3) is 2.10. The summed E-state index contributed by atoms with van der Waals surface area (Å²) in [5, 5.41) is 0. The van der Waals surface area contributed by atoms with E-state index in [0.29, 0.717) is 6.54 Å². The summed E-state index contributed by atoms with van der Waals surface area (Å²) in [6, 6.07) is 12.8. The molecule has 0 aliphatic rings. The molecule has 2 aromatic rings. The summed E-state index contributed by atoms with van der Waals surface area (Å²) < 4.78 is 2.12. The Kier molecular flexibility index (Phi) is 2.88. The number of nitrogens with zero attached hydrogens (tertiary/aromatic N) is 1. The van der Waals surface area contributed by atoms with Gasteiger partial charge in [-0.25, -0.2) is 0 Å². The molecule has 2 rings (SSSR count). The lowest BCUT2D eigenvalue weighted by Gasteiger charge is -2.04. The van der Waals surface area contributed by atoms with Gasteiger partial charge in [-0.05, 0) is 36.2 Å². The summed E-state index contributed by atoms with van der Waals surface area (Å²) in [6.07, 6.45) is 3.01. The highest BCUT2D eigenvalue weighted by molar-refractivity contribution is 5.60. The molecule has 2 heteroatoms. The minimum Gasteiger partial charge on any atom is -0.351 e. The van der Waals surface area contributed by atoms with Gasteiger partial charge in [0.2, 0.25) is 0 Å². The Morgan fingerprint density at radius 2 is 1.87 bits per heavy atom. The van der Waals surface area contributed by atoms with Crippen molar-refractivity contribution in [2.24, 2.45) is 12.8 Å². The molecule has 0 amide bonds. The Morgan fingerprint density at radius 3 is 2.40 bits per heavy atom. The maximum absolute atomic E-state index is 5.51. The van der Waals surface area contributed by atoms with Crippen molar-refractivity contribution in [3.63, 3.8) is 0 Å². The Labute approximate surface area is 90.3 Å². The summed E-state index contributed by atoms with van der Waals surface area (Å²) in [6.45, 7) is 0.712. The van der Waals surface area contributed by atoms with E-state index in [4.69, 9.17) is 5.73 Å². The maximum Gasteiger partial charge on any atom is 0.0477 e. The number of rotatable bonds is 3. The van der Waals surface area contributed by atoms with E-state index in [-0.39, 0.29) is 0 Å². The van der Waals surface area contributed by atoms with Crippen molar-refractivity contribution < 1.29 is 0 Å². The van der Waals surface area contributed by atoms with Crippen molar-refractivity contribution in [1.82, 2.24) is 4.57 Å². The zero-order valence-electron chi connectivity index (χ0n) is 8.98. The van der Waals surface area contributed by atoms with Gasteiger partial charge in [-0.2, -0.15) is 0 Å². The summed E-state index contributed by atoms with van der Waals surface area (Å²) in [4.78, 5) is 0. The smallest absolute Gasteiger partial charge is 0.0477 e. The molecule has 0 aliphatic carbocycles. The van der Waals surface area contributed by atoms with Crippen LogP contribution in [0, 0.1) is 0 Å². The highest BCUT2D eigenvalue weighted by Gasteiger charge is 2.00. The molecule has 0 bridgehead atoms. The fraction of sp³-hybridized carbons (Fsp3) is 0.231. The minimum absolute atomic E-state index is 0.712. The molecule has 1 aromatic carbocycles. The van der Waals surface area contributed by atoms with E-state index in [1.807, 2.05) is 0 Å². The van der Waals surface area contributed by atoms with E-state index in [2.05, 4.69) is 54.2 Å². The molecule has 0 saturated heterocycles. The zero-order valence-corrected chi connectivity index (χ0v) is 8.98. The van der Waals surface area contributed by atoms with Crippen molar-refractivity contribution in [3.05, 3.63) is 48.2 Å². The standard InChI is InChI=1S/C13H16N2/c1-15-10-2-3-13(15)12-6-4-11(5-7-12)8-9-14/h2-7,10H,8-9,14H2,1H3. The predicted molar refractivity (Wildman–Crippen MR) is 63.6 cm³/mol. The second-order valence-electron chi connectivity index (χ2n) is 3.74.